The highest BCUT2D eigenvalue weighted by Gasteiger charge is 2.20. The molecule has 4 rings (SSSR count). The molecular formula is C15H11BrO2S3. The minimum Gasteiger partial charge on any atom is -0.345 e. The number of hydrogen-bond donors (Lipinski definition) is 0. The van der Waals surface area contributed by atoms with E-state index in [1.807, 2.05) is 11.3 Å². The van der Waals surface area contributed by atoms with E-state index in [0.29, 0.717) is 13.2 Å². The Morgan fingerprint density at radius 1 is 0.762 bits per heavy atom. The predicted octanol–water partition coefficient (Wildman–Crippen LogP) is 6.01. The first-order valence-corrected chi connectivity index (χ1v) is 9.73. The summed E-state index contributed by atoms with van der Waals surface area (Å²) in [5, 5.41) is 0. The van der Waals surface area contributed by atoms with Crippen LogP contribution in [0.2, 0.25) is 0 Å². The van der Waals surface area contributed by atoms with Gasteiger partial charge in [0.2, 0.25) is 0 Å². The quantitative estimate of drug-likeness (QED) is 0.537. The third kappa shape index (κ3) is 2.88. The van der Waals surface area contributed by atoms with Crippen LogP contribution in [0.3, 0.4) is 0 Å². The molecule has 0 saturated carbocycles. The normalized spacial score (nSPS) is 15.9. The Morgan fingerprint density at radius 2 is 1.33 bits per heavy atom. The summed E-state index contributed by atoms with van der Waals surface area (Å²) < 4.78 is 12.3. The third-order valence-corrected chi connectivity index (χ3v) is 7.35. The molecule has 21 heavy (non-hydrogen) atoms. The molecule has 0 radical (unpaired) electrons. The molecule has 1 fully saturated rings. The van der Waals surface area contributed by atoms with Crippen molar-refractivity contribution in [3.8, 4) is 19.5 Å². The van der Waals surface area contributed by atoms with Crippen LogP contribution in [0.15, 0.2) is 40.2 Å². The number of hydrogen-bond acceptors (Lipinski definition) is 5. The average molecular weight is 399 g/mol. The van der Waals surface area contributed by atoms with Gasteiger partial charge in [0.05, 0.1) is 21.9 Å². The van der Waals surface area contributed by atoms with E-state index in [9.17, 15) is 0 Å². The van der Waals surface area contributed by atoms with Gasteiger partial charge in [0.1, 0.15) is 0 Å². The second-order valence-electron chi connectivity index (χ2n) is 4.54. The average Bonchev–Trinajstić information content (AvgIpc) is 3.25. The lowest BCUT2D eigenvalue weighted by Crippen LogP contribution is -1.93. The minimum absolute atomic E-state index is 0.170. The van der Waals surface area contributed by atoms with E-state index in [2.05, 4.69) is 52.3 Å². The van der Waals surface area contributed by atoms with Crippen molar-refractivity contribution in [2.24, 2.45) is 0 Å². The van der Waals surface area contributed by atoms with Crippen LogP contribution in [0.1, 0.15) is 11.2 Å². The zero-order valence-electron chi connectivity index (χ0n) is 10.9. The van der Waals surface area contributed by atoms with Gasteiger partial charge in [0, 0.05) is 19.5 Å². The molecule has 0 spiro atoms. The van der Waals surface area contributed by atoms with Gasteiger partial charge >= 0.3 is 0 Å². The highest BCUT2D eigenvalue weighted by atomic mass is 79.9. The first-order chi connectivity index (χ1) is 10.3. The maximum atomic E-state index is 5.55. The fraction of sp³-hybridized carbons (Fsp3) is 0.200. The van der Waals surface area contributed by atoms with Gasteiger partial charge < -0.3 is 9.47 Å². The van der Waals surface area contributed by atoms with Crippen molar-refractivity contribution in [1.29, 1.82) is 0 Å². The largest absolute Gasteiger partial charge is 0.345 e. The fourth-order valence-electron chi connectivity index (χ4n) is 2.18. The Kier molecular flexibility index (Phi) is 4.00. The number of rotatable bonds is 3. The number of thiophene rings is 3. The Bertz CT molecular complexity index is 752. The molecule has 4 heterocycles. The number of ether oxygens (including phenoxy) is 2. The lowest BCUT2D eigenvalue weighted by Gasteiger charge is -2.04. The zero-order chi connectivity index (χ0) is 14.2. The number of halogens is 1. The van der Waals surface area contributed by atoms with Gasteiger partial charge in [-0.1, -0.05) is 0 Å². The van der Waals surface area contributed by atoms with Crippen LogP contribution >= 0.6 is 49.9 Å². The Labute approximate surface area is 143 Å². The molecule has 0 bridgehead atoms. The molecule has 0 atom stereocenters. The second kappa shape index (κ2) is 5.95. The summed E-state index contributed by atoms with van der Waals surface area (Å²) in [5.74, 6) is 0. The first kappa shape index (κ1) is 14.1. The maximum absolute atomic E-state index is 5.55. The highest BCUT2D eigenvalue weighted by molar-refractivity contribution is 9.11. The second-order valence-corrected chi connectivity index (χ2v) is 9.21. The predicted molar refractivity (Wildman–Crippen MR) is 93.3 cm³/mol. The van der Waals surface area contributed by atoms with E-state index in [1.54, 1.807) is 22.7 Å². The van der Waals surface area contributed by atoms with Crippen LogP contribution in [0.4, 0.5) is 0 Å². The smallest absolute Gasteiger partial charge is 0.193 e. The summed E-state index contributed by atoms with van der Waals surface area (Å²) >= 11 is 8.86. The lowest BCUT2D eigenvalue weighted by atomic mass is 10.3. The monoisotopic (exact) mass is 398 g/mol. The summed E-state index contributed by atoms with van der Waals surface area (Å²) in [6, 6.07) is 12.9. The van der Waals surface area contributed by atoms with Crippen LogP contribution in [-0.2, 0) is 9.47 Å². The molecule has 2 nitrogen and oxygen atoms in total. The van der Waals surface area contributed by atoms with Crippen molar-refractivity contribution in [2.45, 2.75) is 6.29 Å². The van der Waals surface area contributed by atoms with Gasteiger partial charge in [-0.05, 0) is 52.3 Å². The van der Waals surface area contributed by atoms with Crippen LogP contribution in [0.5, 0.6) is 0 Å². The first-order valence-electron chi connectivity index (χ1n) is 6.48. The van der Waals surface area contributed by atoms with Crippen LogP contribution in [-0.4, -0.2) is 13.2 Å². The standard InChI is InChI=1S/C15H11BrO2S3/c16-14-6-5-12(21-14)11-2-1-9(19-11)10-3-4-13(20-10)15-17-7-8-18-15/h1-6,15H,7-8H2. The van der Waals surface area contributed by atoms with E-state index in [0.717, 1.165) is 4.88 Å². The molecule has 6 heteroatoms. The molecule has 1 saturated heterocycles. The SMILES string of the molecule is Brc1ccc(-c2ccc(-c3ccc(C4OCCO4)s3)s2)s1. The fourth-order valence-corrected chi connectivity index (χ4v) is 5.76. The maximum Gasteiger partial charge on any atom is 0.193 e. The molecule has 1 aliphatic rings. The third-order valence-electron chi connectivity index (χ3n) is 3.15. The van der Waals surface area contributed by atoms with Crippen LogP contribution in [0, 0.1) is 0 Å². The highest BCUT2D eigenvalue weighted by Crippen LogP contribution is 2.42. The van der Waals surface area contributed by atoms with Gasteiger partial charge in [-0.25, -0.2) is 0 Å². The molecule has 0 unspecified atom stereocenters. The van der Waals surface area contributed by atoms with E-state index in [4.69, 9.17) is 9.47 Å². The van der Waals surface area contributed by atoms with Gasteiger partial charge in [0.25, 0.3) is 0 Å². The topological polar surface area (TPSA) is 18.5 Å². The lowest BCUT2D eigenvalue weighted by molar-refractivity contribution is -0.0413. The zero-order valence-corrected chi connectivity index (χ0v) is 14.9. The van der Waals surface area contributed by atoms with Crippen LogP contribution in [0.25, 0.3) is 19.5 Å². The molecule has 1 aliphatic heterocycles. The van der Waals surface area contributed by atoms with Gasteiger partial charge in [-0.3, -0.25) is 0 Å². The van der Waals surface area contributed by atoms with Crippen molar-refractivity contribution >= 4 is 49.9 Å². The van der Waals surface area contributed by atoms with E-state index >= 15 is 0 Å². The van der Waals surface area contributed by atoms with Crippen molar-refractivity contribution in [1.82, 2.24) is 0 Å². The van der Waals surface area contributed by atoms with Crippen molar-refractivity contribution < 1.29 is 9.47 Å². The summed E-state index contributed by atoms with van der Waals surface area (Å²) in [4.78, 5) is 6.33. The summed E-state index contributed by atoms with van der Waals surface area (Å²) in [5.41, 5.74) is 0. The van der Waals surface area contributed by atoms with Gasteiger partial charge in [-0.15, -0.1) is 34.0 Å². The Balaban J connectivity index is 1.60. The molecule has 0 aliphatic carbocycles. The van der Waals surface area contributed by atoms with Gasteiger partial charge in [0.15, 0.2) is 6.29 Å². The Hall–Kier alpha value is -0.500. The molecule has 0 aromatic carbocycles. The van der Waals surface area contributed by atoms with Crippen molar-refractivity contribution in [3.63, 3.8) is 0 Å². The van der Waals surface area contributed by atoms with Crippen molar-refractivity contribution in [2.75, 3.05) is 13.2 Å². The minimum atomic E-state index is -0.170. The molecule has 3 aromatic rings. The summed E-state index contributed by atoms with van der Waals surface area (Å²) in [7, 11) is 0. The molecule has 0 amide bonds. The van der Waals surface area contributed by atoms with E-state index in [1.165, 1.54) is 23.3 Å². The van der Waals surface area contributed by atoms with E-state index in [-0.39, 0.29) is 6.29 Å². The summed E-state index contributed by atoms with van der Waals surface area (Å²) in [6.45, 7) is 1.38. The summed E-state index contributed by atoms with van der Waals surface area (Å²) in [6.07, 6.45) is -0.170. The van der Waals surface area contributed by atoms with E-state index < -0.39 is 0 Å². The Morgan fingerprint density at radius 3 is 2.00 bits per heavy atom. The van der Waals surface area contributed by atoms with Gasteiger partial charge in [-0.2, -0.15) is 0 Å². The van der Waals surface area contributed by atoms with Crippen molar-refractivity contribution in [3.05, 3.63) is 45.1 Å². The molecule has 3 aromatic heterocycles. The van der Waals surface area contributed by atoms with Crippen LogP contribution < -0.4 is 0 Å². The molecule has 108 valence electrons. The molecular weight excluding hydrogens is 388 g/mol. The molecule has 0 N–H and O–H groups in total.